The van der Waals surface area contributed by atoms with Crippen LogP contribution in [0.2, 0.25) is 0 Å². The fraction of sp³-hybridized carbons (Fsp3) is 0.533. The van der Waals surface area contributed by atoms with Crippen LogP contribution in [0.1, 0.15) is 12.0 Å². The minimum absolute atomic E-state index is 0.292. The molecular weight excluding hydrogens is 275 g/mol. The van der Waals surface area contributed by atoms with Crippen LogP contribution in [-0.4, -0.2) is 55.3 Å². The number of hydrogen-bond donors (Lipinski definition) is 1. The number of carboxylic acids is 1. The van der Waals surface area contributed by atoms with Crippen LogP contribution in [0.15, 0.2) is 12.1 Å². The number of likely N-dealkylation sites (N-methyl/N-ethyl adjacent to an activating group) is 1. The van der Waals surface area contributed by atoms with Crippen molar-refractivity contribution in [2.45, 2.75) is 18.9 Å². The SMILES string of the molecule is CN1CCN(c2cc(F)cc3c2O[C@@H](C(=O)O)CC3)CC1. The number of aryl methyl sites for hydroxylation is 1. The number of benzene rings is 1. The summed E-state index contributed by atoms with van der Waals surface area (Å²) in [7, 11) is 2.05. The fourth-order valence-corrected chi connectivity index (χ4v) is 2.90. The van der Waals surface area contributed by atoms with E-state index >= 15 is 0 Å². The minimum atomic E-state index is -0.964. The van der Waals surface area contributed by atoms with E-state index in [0.717, 1.165) is 31.7 Å². The lowest BCUT2D eigenvalue weighted by atomic mass is 10.0. The molecule has 1 saturated heterocycles. The zero-order chi connectivity index (χ0) is 15.0. The van der Waals surface area contributed by atoms with Crippen LogP contribution in [-0.2, 0) is 11.2 Å². The molecule has 2 heterocycles. The molecule has 6 heteroatoms. The second kappa shape index (κ2) is 5.52. The number of nitrogens with zero attached hydrogens (tertiary/aromatic N) is 2. The third kappa shape index (κ3) is 2.81. The molecule has 0 amide bonds. The van der Waals surface area contributed by atoms with E-state index in [1.165, 1.54) is 12.1 Å². The van der Waals surface area contributed by atoms with Crippen molar-refractivity contribution < 1.29 is 19.0 Å². The number of halogens is 1. The average molecular weight is 294 g/mol. The number of anilines is 1. The number of ether oxygens (including phenoxy) is 1. The molecule has 0 radical (unpaired) electrons. The highest BCUT2D eigenvalue weighted by molar-refractivity contribution is 5.74. The van der Waals surface area contributed by atoms with Gasteiger partial charge < -0.3 is 19.6 Å². The van der Waals surface area contributed by atoms with Crippen LogP contribution in [0.25, 0.3) is 0 Å². The standard InChI is InChI=1S/C15H19FN2O3/c1-17-4-6-18(7-5-17)12-9-11(16)8-10-2-3-13(15(19)20)21-14(10)12/h8-9,13H,2-7H2,1H3,(H,19,20)/t13-/m1/s1. The Bertz CT molecular complexity index is 556. The zero-order valence-corrected chi connectivity index (χ0v) is 12.0. The Balaban J connectivity index is 1.93. The van der Waals surface area contributed by atoms with Crippen LogP contribution in [0.3, 0.4) is 0 Å². The number of aliphatic carboxylic acids is 1. The van der Waals surface area contributed by atoms with Crippen molar-refractivity contribution in [2.24, 2.45) is 0 Å². The molecule has 0 spiro atoms. The molecule has 1 aromatic rings. The van der Waals surface area contributed by atoms with E-state index in [1.807, 2.05) is 0 Å². The van der Waals surface area contributed by atoms with Gasteiger partial charge in [-0.3, -0.25) is 0 Å². The first kappa shape index (κ1) is 14.1. The summed E-state index contributed by atoms with van der Waals surface area (Å²) in [5.74, 6) is -0.714. The lowest BCUT2D eigenvalue weighted by Gasteiger charge is -2.36. The summed E-state index contributed by atoms with van der Waals surface area (Å²) in [6.45, 7) is 3.36. The Morgan fingerprint density at radius 2 is 2.05 bits per heavy atom. The smallest absolute Gasteiger partial charge is 0.344 e. The van der Waals surface area contributed by atoms with E-state index < -0.39 is 12.1 Å². The third-order valence-electron chi connectivity index (χ3n) is 4.17. The molecule has 1 fully saturated rings. The van der Waals surface area contributed by atoms with Gasteiger partial charge in [0.2, 0.25) is 0 Å². The summed E-state index contributed by atoms with van der Waals surface area (Å²) in [4.78, 5) is 15.4. The van der Waals surface area contributed by atoms with Gasteiger partial charge in [0.25, 0.3) is 0 Å². The summed E-state index contributed by atoms with van der Waals surface area (Å²) < 4.78 is 19.5. The highest BCUT2D eigenvalue weighted by Crippen LogP contribution is 2.38. The van der Waals surface area contributed by atoms with E-state index in [4.69, 9.17) is 9.84 Å². The first-order chi connectivity index (χ1) is 10.0. The van der Waals surface area contributed by atoms with Crippen LogP contribution < -0.4 is 9.64 Å². The van der Waals surface area contributed by atoms with Crippen LogP contribution in [0.5, 0.6) is 5.75 Å². The second-order valence-electron chi connectivity index (χ2n) is 5.69. The second-order valence-corrected chi connectivity index (χ2v) is 5.69. The van der Waals surface area contributed by atoms with E-state index in [2.05, 4.69) is 16.8 Å². The molecule has 114 valence electrons. The van der Waals surface area contributed by atoms with Crippen molar-refractivity contribution >= 4 is 11.7 Å². The molecule has 0 bridgehead atoms. The Kier molecular flexibility index (Phi) is 3.71. The van der Waals surface area contributed by atoms with Crippen molar-refractivity contribution in [1.82, 2.24) is 4.90 Å². The number of piperazine rings is 1. The van der Waals surface area contributed by atoms with Crippen LogP contribution in [0, 0.1) is 5.82 Å². The summed E-state index contributed by atoms with van der Waals surface area (Å²) in [6, 6.07) is 2.90. The molecule has 5 nitrogen and oxygen atoms in total. The molecule has 0 saturated carbocycles. The lowest BCUT2D eigenvalue weighted by Crippen LogP contribution is -2.45. The number of hydrogen-bond acceptors (Lipinski definition) is 4. The quantitative estimate of drug-likeness (QED) is 0.892. The number of carboxylic acid groups (broad SMARTS) is 1. The molecule has 2 aliphatic rings. The maximum Gasteiger partial charge on any atom is 0.344 e. The van der Waals surface area contributed by atoms with Gasteiger partial charge in [0.05, 0.1) is 5.69 Å². The first-order valence-corrected chi connectivity index (χ1v) is 7.20. The van der Waals surface area contributed by atoms with Gasteiger partial charge in [0.1, 0.15) is 11.6 Å². The summed E-state index contributed by atoms with van der Waals surface area (Å²) >= 11 is 0. The van der Waals surface area contributed by atoms with Crippen molar-refractivity contribution in [2.75, 3.05) is 38.1 Å². The molecule has 1 aromatic carbocycles. The van der Waals surface area contributed by atoms with Crippen molar-refractivity contribution in [1.29, 1.82) is 0 Å². The Labute approximate surface area is 122 Å². The molecule has 0 aliphatic carbocycles. The molecule has 2 aliphatic heterocycles. The van der Waals surface area contributed by atoms with Crippen molar-refractivity contribution in [3.8, 4) is 5.75 Å². The van der Waals surface area contributed by atoms with Gasteiger partial charge in [0.15, 0.2) is 6.10 Å². The third-order valence-corrected chi connectivity index (χ3v) is 4.17. The van der Waals surface area contributed by atoms with Crippen molar-refractivity contribution in [3.05, 3.63) is 23.5 Å². The molecule has 21 heavy (non-hydrogen) atoms. The molecule has 1 N–H and O–H groups in total. The monoisotopic (exact) mass is 294 g/mol. The largest absolute Gasteiger partial charge is 0.479 e. The van der Waals surface area contributed by atoms with Crippen LogP contribution in [0.4, 0.5) is 10.1 Å². The summed E-state index contributed by atoms with van der Waals surface area (Å²) in [5.41, 5.74) is 1.45. The Morgan fingerprint density at radius 1 is 1.33 bits per heavy atom. The molecule has 1 atom stereocenters. The van der Waals surface area contributed by atoms with E-state index in [-0.39, 0.29) is 5.82 Å². The minimum Gasteiger partial charge on any atom is -0.479 e. The zero-order valence-electron chi connectivity index (χ0n) is 12.0. The lowest BCUT2D eigenvalue weighted by molar-refractivity contribution is -0.145. The molecule has 0 aromatic heterocycles. The van der Waals surface area contributed by atoms with Crippen LogP contribution >= 0.6 is 0 Å². The normalized spacial score (nSPS) is 22.6. The van der Waals surface area contributed by atoms with Gasteiger partial charge in [0, 0.05) is 32.2 Å². The van der Waals surface area contributed by atoms with Gasteiger partial charge in [-0.05, 0) is 31.5 Å². The maximum absolute atomic E-state index is 13.8. The van der Waals surface area contributed by atoms with E-state index in [0.29, 0.717) is 24.3 Å². The summed E-state index contributed by atoms with van der Waals surface area (Å²) in [6.07, 6.45) is 0.0767. The van der Waals surface area contributed by atoms with Gasteiger partial charge in [-0.25, -0.2) is 9.18 Å². The van der Waals surface area contributed by atoms with E-state index in [9.17, 15) is 9.18 Å². The van der Waals surface area contributed by atoms with Gasteiger partial charge in [-0.15, -0.1) is 0 Å². The van der Waals surface area contributed by atoms with E-state index in [1.54, 1.807) is 0 Å². The first-order valence-electron chi connectivity index (χ1n) is 7.20. The Morgan fingerprint density at radius 3 is 2.71 bits per heavy atom. The molecule has 3 rings (SSSR count). The summed E-state index contributed by atoms with van der Waals surface area (Å²) in [5, 5.41) is 9.14. The predicted molar refractivity (Wildman–Crippen MR) is 76.5 cm³/mol. The average Bonchev–Trinajstić information content (AvgIpc) is 2.46. The van der Waals surface area contributed by atoms with Gasteiger partial charge in [-0.1, -0.05) is 0 Å². The predicted octanol–water partition coefficient (Wildman–Crippen LogP) is 1.36. The number of carbonyl (C=O) groups is 1. The highest BCUT2D eigenvalue weighted by Gasteiger charge is 2.30. The molecular formula is C15H19FN2O3. The topological polar surface area (TPSA) is 53.0 Å². The number of fused-ring (bicyclic) bond motifs is 1. The number of rotatable bonds is 2. The highest BCUT2D eigenvalue weighted by atomic mass is 19.1. The fourth-order valence-electron chi connectivity index (χ4n) is 2.90. The van der Waals surface area contributed by atoms with Gasteiger partial charge >= 0.3 is 5.97 Å². The Hall–Kier alpha value is -1.82. The maximum atomic E-state index is 13.8. The van der Waals surface area contributed by atoms with Gasteiger partial charge in [-0.2, -0.15) is 0 Å². The van der Waals surface area contributed by atoms with Crippen molar-refractivity contribution in [3.63, 3.8) is 0 Å². The molecule has 0 unspecified atom stereocenters.